The molecule has 10 nitrogen and oxygen atoms in total. The fraction of sp³-hybridized carbons (Fsp3) is 0.647. The number of hydrogen-bond donors (Lipinski definition) is 2. The van der Waals surface area contributed by atoms with Crippen LogP contribution in [0.1, 0.15) is 33.6 Å². The quantitative estimate of drug-likeness (QED) is 0.726. The van der Waals surface area contributed by atoms with E-state index in [0.29, 0.717) is 12.1 Å². The highest BCUT2D eigenvalue weighted by atomic mass is 16.6. The van der Waals surface area contributed by atoms with Gasteiger partial charge in [0.2, 0.25) is 0 Å². The normalized spacial score (nSPS) is 23.0. The maximum Gasteiger partial charge on any atom is 0.409 e. The van der Waals surface area contributed by atoms with E-state index in [0.717, 1.165) is 0 Å². The molecule has 2 aliphatic heterocycles. The van der Waals surface area contributed by atoms with Crippen LogP contribution in [0, 0.1) is 0 Å². The molecule has 0 bridgehead atoms. The van der Waals surface area contributed by atoms with Crippen LogP contribution < -0.4 is 5.32 Å². The number of rotatable bonds is 2. The third-order valence-corrected chi connectivity index (χ3v) is 4.18. The van der Waals surface area contributed by atoms with Crippen LogP contribution in [0.4, 0.5) is 9.59 Å². The smallest absolute Gasteiger partial charge is 0.409 e. The maximum absolute atomic E-state index is 13.0. The fourth-order valence-electron chi connectivity index (χ4n) is 3.04. The molecule has 0 aromatic rings. The van der Waals surface area contributed by atoms with E-state index in [2.05, 4.69) is 5.32 Å². The van der Waals surface area contributed by atoms with Crippen LogP contribution in [0.2, 0.25) is 0 Å². The van der Waals surface area contributed by atoms with Crippen molar-refractivity contribution >= 4 is 24.1 Å². The number of aliphatic carboxylic acids is 1. The van der Waals surface area contributed by atoms with Crippen molar-refractivity contribution in [3.05, 3.63) is 11.8 Å². The first-order valence-electron chi connectivity index (χ1n) is 8.61. The number of carboxylic acids is 1. The number of hydrogen-bond acceptors (Lipinski definition) is 6. The van der Waals surface area contributed by atoms with Gasteiger partial charge in [0.1, 0.15) is 17.7 Å². The minimum absolute atomic E-state index is 0.152. The Balaban J connectivity index is 2.28. The largest absolute Gasteiger partial charge is 0.480 e. The van der Waals surface area contributed by atoms with Gasteiger partial charge >= 0.3 is 18.2 Å². The highest BCUT2D eigenvalue weighted by molar-refractivity contribution is 5.92. The Morgan fingerprint density at radius 3 is 2.52 bits per heavy atom. The topological polar surface area (TPSA) is 125 Å². The summed E-state index contributed by atoms with van der Waals surface area (Å²) in [5.41, 5.74) is -0.268. The van der Waals surface area contributed by atoms with Crippen LogP contribution in [-0.2, 0) is 19.1 Å². The number of amides is 3. The second-order valence-electron chi connectivity index (χ2n) is 7.36. The number of ether oxygens (including phenoxy) is 2. The van der Waals surface area contributed by atoms with E-state index in [9.17, 15) is 24.3 Å². The molecular formula is C17H25N3O7. The molecule has 2 aliphatic rings. The summed E-state index contributed by atoms with van der Waals surface area (Å²) in [5.74, 6) is -1.73. The minimum Gasteiger partial charge on any atom is -0.480 e. The SMILES string of the molecule is COC(=O)N1CCC2=CC[C@@H](C(=O)O)N2C(=O)[C@@H](NC(=O)OC(C)(C)C)C1. The first kappa shape index (κ1) is 20.5. The highest BCUT2D eigenvalue weighted by Gasteiger charge is 2.42. The summed E-state index contributed by atoms with van der Waals surface area (Å²) in [7, 11) is 1.22. The van der Waals surface area contributed by atoms with Crippen molar-refractivity contribution in [1.29, 1.82) is 0 Å². The lowest BCUT2D eigenvalue weighted by molar-refractivity contribution is -0.148. The van der Waals surface area contributed by atoms with Crippen molar-refractivity contribution in [1.82, 2.24) is 15.1 Å². The molecule has 0 radical (unpaired) electrons. The monoisotopic (exact) mass is 383 g/mol. The molecule has 0 spiro atoms. The van der Waals surface area contributed by atoms with E-state index < -0.39 is 41.7 Å². The molecule has 2 heterocycles. The molecule has 0 unspecified atom stereocenters. The summed E-state index contributed by atoms with van der Waals surface area (Å²) in [4.78, 5) is 51.2. The Morgan fingerprint density at radius 1 is 1.30 bits per heavy atom. The zero-order valence-corrected chi connectivity index (χ0v) is 15.9. The van der Waals surface area contributed by atoms with Gasteiger partial charge in [-0.15, -0.1) is 0 Å². The first-order chi connectivity index (χ1) is 12.5. The maximum atomic E-state index is 13.0. The molecule has 2 rings (SSSR count). The van der Waals surface area contributed by atoms with Crippen LogP contribution in [0.5, 0.6) is 0 Å². The summed E-state index contributed by atoms with van der Waals surface area (Å²) in [6, 6.07) is -2.19. The van der Waals surface area contributed by atoms with Gasteiger partial charge < -0.3 is 24.8 Å². The number of carbonyl (C=O) groups is 4. The molecule has 2 N–H and O–H groups in total. The molecule has 1 saturated heterocycles. The molecule has 3 amide bonds. The third kappa shape index (κ3) is 4.89. The number of nitrogens with zero attached hydrogens (tertiary/aromatic N) is 2. The number of fused-ring (bicyclic) bond motifs is 1. The summed E-state index contributed by atoms with van der Waals surface area (Å²) in [5, 5.41) is 11.9. The van der Waals surface area contributed by atoms with Crippen molar-refractivity contribution in [2.24, 2.45) is 0 Å². The van der Waals surface area contributed by atoms with Gasteiger partial charge in [0.05, 0.1) is 13.7 Å². The van der Waals surface area contributed by atoms with Crippen molar-refractivity contribution < 1.29 is 33.8 Å². The molecule has 0 aliphatic carbocycles. The van der Waals surface area contributed by atoms with Gasteiger partial charge in [0.15, 0.2) is 0 Å². The van der Waals surface area contributed by atoms with Crippen molar-refractivity contribution in [3.8, 4) is 0 Å². The van der Waals surface area contributed by atoms with Gasteiger partial charge in [-0.25, -0.2) is 14.4 Å². The van der Waals surface area contributed by atoms with E-state index in [-0.39, 0.29) is 19.5 Å². The number of alkyl carbamates (subject to hydrolysis) is 1. The van der Waals surface area contributed by atoms with Gasteiger partial charge in [-0.05, 0) is 27.2 Å². The predicted molar refractivity (Wildman–Crippen MR) is 92.7 cm³/mol. The first-order valence-corrected chi connectivity index (χ1v) is 8.61. The Morgan fingerprint density at radius 2 is 1.96 bits per heavy atom. The molecule has 27 heavy (non-hydrogen) atoms. The van der Waals surface area contributed by atoms with E-state index in [1.54, 1.807) is 26.8 Å². The van der Waals surface area contributed by atoms with E-state index in [1.165, 1.54) is 16.9 Å². The predicted octanol–water partition coefficient (Wildman–Crippen LogP) is 0.921. The number of carbonyl (C=O) groups excluding carboxylic acids is 3. The molecular weight excluding hydrogens is 358 g/mol. The van der Waals surface area contributed by atoms with E-state index in [4.69, 9.17) is 9.47 Å². The molecule has 10 heteroatoms. The lowest BCUT2D eigenvalue weighted by atomic mass is 10.1. The van der Waals surface area contributed by atoms with E-state index in [1.807, 2.05) is 0 Å². The number of methoxy groups -OCH3 is 1. The molecule has 0 saturated carbocycles. The van der Waals surface area contributed by atoms with Gasteiger partial charge in [-0.1, -0.05) is 6.08 Å². The minimum atomic E-state index is -1.16. The van der Waals surface area contributed by atoms with Gasteiger partial charge in [-0.3, -0.25) is 9.69 Å². The fourth-order valence-corrected chi connectivity index (χ4v) is 3.04. The van der Waals surface area contributed by atoms with E-state index >= 15 is 0 Å². The van der Waals surface area contributed by atoms with Crippen LogP contribution in [0.25, 0.3) is 0 Å². The Bertz CT molecular complexity index is 668. The number of nitrogens with one attached hydrogen (secondary N) is 1. The van der Waals surface area contributed by atoms with Crippen molar-refractivity contribution in [3.63, 3.8) is 0 Å². The highest BCUT2D eigenvalue weighted by Crippen LogP contribution is 2.28. The molecule has 2 atom stereocenters. The molecule has 0 aromatic carbocycles. The van der Waals surface area contributed by atoms with Crippen LogP contribution in [-0.4, -0.2) is 76.9 Å². The van der Waals surface area contributed by atoms with Crippen molar-refractivity contribution in [2.75, 3.05) is 20.2 Å². The van der Waals surface area contributed by atoms with Gasteiger partial charge in [0.25, 0.3) is 5.91 Å². The van der Waals surface area contributed by atoms with Crippen LogP contribution >= 0.6 is 0 Å². The Hall–Kier alpha value is -2.78. The second kappa shape index (κ2) is 7.85. The zero-order valence-electron chi connectivity index (χ0n) is 15.9. The third-order valence-electron chi connectivity index (χ3n) is 4.18. The lowest BCUT2D eigenvalue weighted by Crippen LogP contribution is -2.58. The second-order valence-corrected chi connectivity index (χ2v) is 7.36. The number of carboxylic acid groups (broad SMARTS) is 1. The summed E-state index contributed by atoms with van der Waals surface area (Å²) in [6.07, 6.45) is 0.683. The van der Waals surface area contributed by atoms with Crippen LogP contribution in [0.15, 0.2) is 11.8 Å². The molecule has 150 valence electrons. The average molecular weight is 383 g/mol. The Labute approximate surface area is 157 Å². The summed E-state index contributed by atoms with van der Waals surface area (Å²) in [6.45, 7) is 5.10. The van der Waals surface area contributed by atoms with Gasteiger partial charge in [-0.2, -0.15) is 0 Å². The Kier molecular flexibility index (Phi) is 5.97. The lowest BCUT2D eigenvalue weighted by Gasteiger charge is -2.35. The molecule has 1 fully saturated rings. The van der Waals surface area contributed by atoms with Gasteiger partial charge in [0, 0.05) is 18.7 Å². The summed E-state index contributed by atoms with van der Waals surface area (Å²) < 4.78 is 9.91. The van der Waals surface area contributed by atoms with Crippen molar-refractivity contribution in [2.45, 2.75) is 51.3 Å². The summed E-state index contributed by atoms with van der Waals surface area (Å²) >= 11 is 0. The average Bonchev–Trinajstić information content (AvgIpc) is 2.96. The molecule has 0 aromatic heterocycles. The standard InChI is InChI=1S/C17H25N3O7/c1-17(2,3)27-15(24)18-11-9-19(16(25)26-4)8-7-10-5-6-12(14(22)23)20(10)13(11)21/h5,11-12H,6-9H2,1-4H3,(H,18,24)(H,22,23)/t11-,12-/m0/s1. The zero-order chi connectivity index (χ0) is 20.4. The van der Waals surface area contributed by atoms with Crippen LogP contribution in [0.3, 0.4) is 0 Å².